The van der Waals surface area contributed by atoms with Gasteiger partial charge < -0.3 is 5.73 Å². The number of halogens is 3. The second-order valence-corrected chi connectivity index (χ2v) is 10.5. The molecule has 0 unspecified atom stereocenters. The van der Waals surface area contributed by atoms with Gasteiger partial charge in [-0.3, -0.25) is 14.6 Å². The molecule has 1 amide bonds. The lowest BCUT2D eigenvalue weighted by molar-refractivity contribution is -0.133. The number of hydrogen-bond donors (Lipinski definition) is 1. The van der Waals surface area contributed by atoms with E-state index < -0.39 is 12.0 Å². The average Bonchev–Trinajstić information content (AvgIpc) is 3.06. The molecule has 1 spiro atoms. The third kappa shape index (κ3) is 4.45. The smallest absolute Gasteiger partial charge is 0.261 e. The summed E-state index contributed by atoms with van der Waals surface area (Å²) in [4.78, 5) is 22.0. The van der Waals surface area contributed by atoms with E-state index in [1.807, 2.05) is 29.2 Å². The molecule has 1 fully saturated rings. The number of carbonyl (C=O) groups excluding carboxylic acids is 1. The van der Waals surface area contributed by atoms with Crippen LogP contribution < -0.4 is 5.73 Å². The van der Waals surface area contributed by atoms with Crippen molar-refractivity contribution in [3.05, 3.63) is 58.6 Å². The van der Waals surface area contributed by atoms with Crippen molar-refractivity contribution in [1.29, 1.82) is 0 Å². The number of aliphatic imine (C=N–C) groups is 1. The highest BCUT2D eigenvalue weighted by Gasteiger charge is 2.56. The first-order chi connectivity index (χ1) is 16.8. The molecule has 0 bridgehead atoms. The van der Waals surface area contributed by atoms with E-state index in [1.165, 1.54) is 4.90 Å². The molecule has 2 aromatic rings. The Kier molecular flexibility index (Phi) is 6.57. The second-order valence-electron chi connectivity index (χ2n) is 10.1. The summed E-state index contributed by atoms with van der Waals surface area (Å²) in [5.41, 5.74) is 9.21. The van der Waals surface area contributed by atoms with Crippen LogP contribution in [0.1, 0.15) is 36.8 Å². The molecule has 2 heterocycles. The van der Waals surface area contributed by atoms with Gasteiger partial charge in [0.15, 0.2) is 11.5 Å². The molecule has 1 aliphatic carbocycles. The monoisotopic (exact) mass is 500 g/mol. The fraction of sp³-hybridized carbons (Fsp3) is 0.481. The van der Waals surface area contributed by atoms with E-state index in [9.17, 15) is 13.6 Å². The van der Waals surface area contributed by atoms with Gasteiger partial charge in [0.25, 0.3) is 12.3 Å². The number of nitrogens with two attached hydrogens (primary N) is 1. The number of amides is 1. The lowest BCUT2D eigenvalue weighted by Crippen LogP contribution is -2.48. The maximum Gasteiger partial charge on any atom is 0.261 e. The van der Waals surface area contributed by atoms with Crippen LogP contribution in [0.4, 0.5) is 8.78 Å². The Hall–Kier alpha value is -2.51. The van der Waals surface area contributed by atoms with Gasteiger partial charge in [0, 0.05) is 12.1 Å². The van der Waals surface area contributed by atoms with Gasteiger partial charge in [-0.15, -0.1) is 0 Å². The number of nitrogens with zero attached hydrogens (tertiary/aromatic N) is 3. The molecule has 5 nitrogen and oxygen atoms in total. The van der Waals surface area contributed by atoms with Crippen LogP contribution in [0.2, 0.25) is 5.02 Å². The molecule has 5 rings (SSSR count). The summed E-state index contributed by atoms with van der Waals surface area (Å²) in [7, 11) is 1.69. The van der Waals surface area contributed by atoms with Crippen LogP contribution in [0.25, 0.3) is 11.1 Å². The fourth-order valence-corrected chi connectivity index (χ4v) is 6.34. The predicted octanol–water partition coefficient (Wildman–Crippen LogP) is 4.92. The number of aryl methyl sites for hydroxylation is 1. The summed E-state index contributed by atoms with van der Waals surface area (Å²) >= 11 is 6.25. The van der Waals surface area contributed by atoms with Gasteiger partial charge in [-0.2, -0.15) is 0 Å². The van der Waals surface area contributed by atoms with Crippen molar-refractivity contribution < 1.29 is 13.6 Å². The van der Waals surface area contributed by atoms with Crippen LogP contribution in [0.3, 0.4) is 0 Å². The zero-order chi connectivity index (χ0) is 24.7. The molecule has 2 atom stereocenters. The molecule has 2 aromatic carbocycles. The van der Waals surface area contributed by atoms with Crippen molar-refractivity contribution in [2.24, 2.45) is 22.6 Å². The topological polar surface area (TPSA) is 61.9 Å². The lowest BCUT2D eigenvalue weighted by atomic mass is 9.65. The van der Waals surface area contributed by atoms with E-state index in [4.69, 9.17) is 22.3 Å². The van der Waals surface area contributed by atoms with E-state index in [0.717, 1.165) is 54.4 Å². The third-order valence-electron chi connectivity index (χ3n) is 8.02. The minimum absolute atomic E-state index is 0.00672. The van der Waals surface area contributed by atoms with Gasteiger partial charge in [0.05, 0.1) is 6.54 Å². The number of piperidine rings is 1. The van der Waals surface area contributed by atoms with Gasteiger partial charge in [-0.05, 0) is 97.5 Å². The number of carbonyl (C=O) groups is 1. The minimum Gasteiger partial charge on any atom is -0.369 e. The first-order valence-electron chi connectivity index (χ1n) is 12.3. The standard InChI is InChI=1S/C27H31ClF2N4O/c1-33-25(35)27(32-26(33)31)21(13-17-9-11-34(12-10-17)16-24(29)30)8-7-18-5-6-20(15-23(18)27)19-3-2-4-22(28)14-19/h2-6,14-15,17,21,24H,7-13,16H2,1H3,(H2,31,32)/t21-,27-/m0/s1. The number of likely N-dealkylation sites (tertiary alicyclic amines) is 1. The predicted molar refractivity (Wildman–Crippen MR) is 135 cm³/mol. The Bertz CT molecular complexity index is 1150. The molecule has 1 saturated heterocycles. The van der Waals surface area contributed by atoms with Crippen LogP contribution in [-0.2, 0) is 16.8 Å². The Labute approximate surface area is 209 Å². The second kappa shape index (κ2) is 9.51. The maximum atomic E-state index is 13.8. The number of alkyl halides is 2. The molecule has 2 aliphatic heterocycles. The largest absolute Gasteiger partial charge is 0.369 e. The van der Waals surface area contributed by atoms with Gasteiger partial charge in [-0.25, -0.2) is 13.8 Å². The molecule has 186 valence electrons. The number of fused-ring (bicyclic) bond motifs is 2. The van der Waals surface area contributed by atoms with Crippen LogP contribution >= 0.6 is 11.6 Å². The Morgan fingerprint density at radius 1 is 1.14 bits per heavy atom. The number of guanidine groups is 1. The molecule has 35 heavy (non-hydrogen) atoms. The van der Waals surface area contributed by atoms with E-state index in [-0.39, 0.29) is 24.3 Å². The zero-order valence-electron chi connectivity index (χ0n) is 19.9. The first kappa shape index (κ1) is 24.2. The Balaban J connectivity index is 1.48. The fourth-order valence-electron chi connectivity index (χ4n) is 6.15. The zero-order valence-corrected chi connectivity index (χ0v) is 20.6. The van der Waals surface area contributed by atoms with Crippen molar-refractivity contribution in [3.8, 4) is 11.1 Å². The molecular formula is C27H31ClF2N4O. The van der Waals surface area contributed by atoms with Crippen molar-refractivity contribution in [3.63, 3.8) is 0 Å². The van der Waals surface area contributed by atoms with Gasteiger partial charge >= 0.3 is 0 Å². The molecule has 0 saturated carbocycles. The molecular weight excluding hydrogens is 470 g/mol. The van der Waals surface area contributed by atoms with Crippen LogP contribution in [0, 0.1) is 11.8 Å². The number of rotatable bonds is 5. The van der Waals surface area contributed by atoms with Crippen molar-refractivity contribution >= 4 is 23.5 Å². The number of hydrogen-bond acceptors (Lipinski definition) is 4. The van der Waals surface area contributed by atoms with E-state index in [1.54, 1.807) is 7.05 Å². The van der Waals surface area contributed by atoms with Crippen molar-refractivity contribution in [1.82, 2.24) is 9.80 Å². The highest BCUT2D eigenvalue weighted by Crippen LogP contribution is 2.50. The Morgan fingerprint density at radius 2 is 1.89 bits per heavy atom. The molecule has 3 aliphatic rings. The SMILES string of the molecule is CN1C(=O)[C@@]2(N=C1N)c1cc(-c3cccc(Cl)c3)ccc1CC[C@H]2CC1CCN(CC(F)F)CC1. The molecule has 0 aromatic heterocycles. The third-order valence-corrected chi connectivity index (χ3v) is 8.25. The highest BCUT2D eigenvalue weighted by molar-refractivity contribution is 6.30. The van der Waals surface area contributed by atoms with E-state index in [2.05, 4.69) is 18.2 Å². The van der Waals surface area contributed by atoms with E-state index in [0.29, 0.717) is 24.0 Å². The summed E-state index contributed by atoms with van der Waals surface area (Å²) in [5.74, 6) is 0.540. The lowest BCUT2D eigenvalue weighted by Gasteiger charge is -2.42. The maximum absolute atomic E-state index is 13.8. The van der Waals surface area contributed by atoms with Crippen LogP contribution in [0.5, 0.6) is 0 Å². The quantitative estimate of drug-likeness (QED) is 0.634. The summed E-state index contributed by atoms with van der Waals surface area (Å²) < 4.78 is 25.6. The van der Waals surface area contributed by atoms with Gasteiger partial charge in [0.2, 0.25) is 0 Å². The summed E-state index contributed by atoms with van der Waals surface area (Å²) in [6, 6.07) is 14.0. The normalized spacial score (nSPS) is 25.4. The summed E-state index contributed by atoms with van der Waals surface area (Å²) in [6.07, 6.45) is 1.96. The van der Waals surface area contributed by atoms with Gasteiger partial charge in [-0.1, -0.05) is 35.9 Å². The Morgan fingerprint density at radius 3 is 2.54 bits per heavy atom. The summed E-state index contributed by atoms with van der Waals surface area (Å²) in [5, 5.41) is 0.657. The number of likely N-dealkylation sites (N-methyl/N-ethyl adjacent to an activating group) is 1. The van der Waals surface area contributed by atoms with Crippen molar-refractivity contribution in [2.45, 2.75) is 44.1 Å². The van der Waals surface area contributed by atoms with Crippen molar-refractivity contribution in [2.75, 3.05) is 26.7 Å². The molecule has 2 N–H and O–H groups in total. The minimum atomic E-state index is -2.30. The van der Waals surface area contributed by atoms with Gasteiger partial charge in [0.1, 0.15) is 0 Å². The van der Waals surface area contributed by atoms with Crippen LogP contribution in [-0.4, -0.2) is 54.8 Å². The molecule has 0 radical (unpaired) electrons. The summed E-state index contributed by atoms with van der Waals surface area (Å²) in [6.45, 7) is 1.18. The highest BCUT2D eigenvalue weighted by atomic mass is 35.5. The molecule has 8 heteroatoms. The number of benzene rings is 2. The van der Waals surface area contributed by atoms with E-state index >= 15 is 0 Å². The van der Waals surface area contributed by atoms with Crippen LogP contribution in [0.15, 0.2) is 47.5 Å². The first-order valence-corrected chi connectivity index (χ1v) is 12.7. The average molecular weight is 501 g/mol.